The molecule has 6 N–H and O–H groups in total. The summed E-state index contributed by atoms with van der Waals surface area (Å²) in [6.07, 6.45) is 3.66. The number of carbonyl (C=O) groups excluding carboxylic acids is 4. The molecule has 3 amide bonds. The molecule has 30 heavy (non-hydrogen) atoms. The highest BCUT2D eigenvalue weighted by atomic mass is 16.2. The van der Waals surface area contributed by atoms with E-state index < -0.39 is 29.9 Å². The summed E-state index contributed by atoms with van der Waals surface area (Å²) in [5.74, 6) is -1.13. The van der Waals surface area contributed by atoms with E-state index in [-0.39, 0.29) is 18.3 Å². The van der Waals surface area contributed by atoms with Gasteiger partial charge in [0.25, 0.3) is 5.91 Å². The maximum absolute atomic E-state index is 13.1. The van der Waals surface area contributed by atoms with Crippen LogP contribution in [0.25, 0.3) is 0 Å². The summed E-state index contributed by atoms with van der Waals surface area (Å²) in [5, 5.41) is 15.5. The van der Waals surface area contributed by atoms with Gasteiger partial charge in [-0.1, -0.05) is 13.8 Å². The van der Waals surface area contributed by atoms with Crippen molar-refractivity contribution in [3.8, 4) is 0 Å². The number of nitrogens with one attached hydrogen (secondary N) is 4. The Balaban J connectivity index is 2.87. The van der Waals surface area contributed by atoms with Gasteiger partial charge in [0.05, 0.1) is 12.1 Å². The normalized spacial score (nSPS) is 17.8. The second kappa shape index (κ2) is 12.9. The lowest BCUT2D eigenvalue weighted by atomic mass is 10.1. The highest BCUT2D eigenvalue weighted by Crippen LogP contribution is 2.15. The number of aldehydes is 1. The van der Waals surface area contributed by atoms with Gasteiger partial charge < -0.3 is 26.5 Å². The van der Waals surface area contributed by atoms with E-state index in [1.165, 1.54) is 6.92 Å². The maximum atomic E-state index is 13.1. The number of nitrogens with two attached hydrogens (primary N) is 1. The van der Waals surface area contributed by atoms with Crippen molar-refractivity contribution in [2.24, 2.45) is 11.7 Å². The molecule has 0 bridgehead atoms. The third-order valence-corrected chi connectivity index (χ3v) is 5.01. The van der Waals surface area contributed by atoms with Gasteiger partial charge in [-0.15, -0.1) is 0 Å². The fraction of sp³-hybridized carbons (Fsp3) is 0.750. The topological polar surface area (TPSA) is 157 Å². The highest BCUT2D eigenvalue weighted by Gasteiger charge is 2.37. The average Bonchev–Trinajstić information content (AvgIpc) is 3.22. The van der Waals surface area contributed by atoms with Crippen molar-refractivity contribution >= 4 is 30.0 Å². The fourth-order valence-electron chi connectivity index (χ4n) is 3.29. The SMILES string of the molecule is CC(C)CCC(=O)NC(C)C(=O)N(C(=O)[C@@H]1CCCN1)[C@H](C=O)CCCNC(=N)N. The van der Waals surface area contributed by atoms with E-state index in [9.17, 15) is 19.2 Å². The quantitative estimate of drug-likeness (QED) is 0.126. The van der Waals surface area contributed by atoms with Crippen molar-refractivity contribution in [3.63, 3.8) is 0 Å². The molecular formula is C20H36N6O4. The second-order valence-electron chi connectivity index (χ2n) is 8.10. The van der Waals surface area contributed by atoms with Crippen molar-refractivity contribution in [3.05, 3.63) is 0 Å². The highest BCUT2D eigenvalue weighted by molar-refractivity contribution is 6.03. The number of hydrogen-bond donors (Lipinski definition) is 5. The Labute approximate surface area is 178 Å². The van der Waals surface area contributed by atoms with Crippen LogP contribution >= 0.6 is 0 Å². The summed E-state index contributed by atoms with van der Waals surface area (Å²) < 4.78 is 0. The molecule has 1 unspecified atom stereocenters. The van der Waals surface area contributed by atoms with Crippen LogP contribution in [0.4, 0.5) is 0 Å². The molecule has 0 radical (unpaired) electrons. The molecule has 170 valence electrons. The van der Waals surface area contributed by atoms with Crippen LogP contribution in [0.1, 0.15) is 59.3 Å². The Morgan fingerprint density at radius 3 is 2.50 bits per heavy atom. The summed E-state index contributed by atoms with van der Waals surface area (Å²) in [6.45, 7) is 6.56. The number of rotatable bonds is 12. The monoisotopic (exact) mass is 424 g/mol. The minimum atomic E-state index is -0.948. The zero-order valence-electron chi connectivity index (χ0n) is 18.2. The molecule has 1 aliphatic rings. The fourth-order valence-corrected chi connectivity index (χ4v) is 3.29. The van der Waals surface area contributed by atoms with E-state index in [4.69, 9.17) is 11.1 Å². The van der Waals surface area contributed by atoms with Crippen LogP contribution in [-0.4, -0.2) is 66.1 Å². The van der Waals surface area contributed by atoms with E-state index in [1.807, 2.05) is 13.8 Å². The smallest absolute Gasteiger partial charge is 0.252 e. The molecule has 0 aromatic heterocycles. The molecule has 1 saturated heterocycles. The van der Waals surface area contributed by atoms with Crippen LogP contribution in [-0.2, 0) is 19.2 Å². The van der Waals surface area contributed by atoms with Crippen LogP contribution in [0.5, 0.6) is 0 Å². The van der Waals surface area contributed by atoms with E-state index in [0.717, 1.165) is 11.3 Å². The minimum Gasteiger partial charge on any atom is -0.370 e. The van der Waals surface area contributed by atoms with Crippen molar-refractivity contribution in [2.45, 2.75) is 77.4 Å². The third kappa shape index (κ3) is 8.48. The number of nitrogens with zero attached hydrogens (tertiary/aromatic N) is 1. The molecule has 0 aromatic carbocycles. The van der Waals surface area contributed by atoms with Crippen molar-refractivity contribution in [1.82, 2.24) is 20.9 Å². The Bertz CT molecular complexity index is 618. The van der Waals surface area contributed by atoms with Gasteiger partial charge >= 0.3 is 0 Å². The number of hydrogen-bond acceptors (Lipinski definition) is 6. The second-order valence-corrected chi connectivity index (χ2v) is 8.10. The molecular weight excluding hydrogens is 388 g/mol. The maximum Gasteiger partial charge on any atom is 0.252 e. The lowest BCUT2D eigenvalue weighted by Gasteiger charge is -2.31. The Hall–Kier alpha value is -2.49. The van der Waals surface area contributed by atoms with Gasteiger partial charge in [-0.25, -0.2) is 0 Å². The summed E-state index contributed by atoms with van der Waals surface area (Å²) in [7, 11) is 0. The summed E-state index contributed by atoms with van der Waals surface area (Å²) in [6, 6.07) is -2.39. The molecule has 1 rings (SSSR count). The standard InChI is InChI=1S/C20H36N6O4/c1-13(2)8-9-17(28)25-14(3)18(29)26(19(30)16-7-5-10-23-16)15(12-27)6-4-11-24-20(21)22/h12-16,23H,4-11H2,1-3H3,(H,25,28)(H4,21,22,24)/t14?,15-,16-/m0/s1. The van der Waals surface area contributed by atoms with E-state index in [2.05, 4.69) is 16.0 Å². The zero-order valence-corrected chi connectivity index (χ0v) is 18.2. The van der Waals surface area contributed by atoms with Gasteiger partial charge in [-0.2, -0.15) is 0 Å². The number of imide groups is 1. The summed E-state index contributed by atoms with van der Waals surface area (Å²) in [4.78, 5) is 51.0. The summed E-state index contributed by atoms with van der Waals surface area (Å²) in [5.41, 5.74) is 5.25. The van der Waals surface area contributed by atoms with Gasteiger partial charge in [-0.3, -0.25) is 24.7 Å². The molecule has 0 spiro atoms. The first-order valence-electron chi connectivity index (χ1n) is 10.6. The first-order chi connectivity index (χ1) is 14.2. The molecule has 3 atom stereocenters. The van der Waals surface area contributed by atoms with Crippen molar-refractivity contribution < 1.29 is 19.2 Å². The predicted octanol–water partition coefficient (Wildman–Crippen LogP) is -0.135. The van der Waals surface area contributed by atoms with Crippen molar-refractivity contribution in [1.29, 1.82) is 5.41 Å². The van der Waals surface area contributed by atoms with Crippen LogP contribution in [0, 0.1) is 11.3 Å². The number of carbonyl (C=O) groups is 4. The van der Waals surface area contributed by atoms with Crippen molar-refractivity contribution in [2.75, 3.05) is 13.1 Å². The largest absolute Gasteiger partial charge is 0.370 e. The van der Waals surface area contributed by atoms with Crippen LogP contribution < -0.4 is 21.7 Å². The first-order valence-corrected chi connectivity index (χ1v) is 10.6. The van der Waals surface area contributed by atoms with Crippen LogP contribution in [0.3, 0.4) is 0 Å². The number of guanidine groups is 1. The molecule has 0 saturated carbocycles. The average molecular weight is 425 g/mol. The molecule has 1 heterocycles. The molecule has 1 aliphatic heterocycles. The lowest BCUT2D eigenvalue weighted by molar-refractivity contribution is -0.152. The van der Waals surface area contributed by atoms with Crippen LogP contribution in [0.2, 0.25) is 0 Å². The minimum absolute atomic E-state index is 0.186. The van der Waals surface area contributed by atoms with Gasteiger partial charge in [-0.05, 0) is 51.5 Å². The van der Waals surface area contributed by atoms with Gasteiger partial charge in [0.1, 0.15) is 12.3 Å². The van der Waals surface area contributed by atoms with Crippen LogP contribution in [0.15, 0.2) is 0 Å². The van der Waals surface area contributed by atoms with E-state index in [1.54, 1.807) is 0 Å². The summed E-state index contributed by atoms with van der Waals surface area (Å²) >= 11 is 0. The number of amides is 3. The molecule has 1 fully saturated rings. The Morgan fingerprint density at radius 1 is 1.27 bits per heavy atom. The lowest BCUT2D eigenvalue weighted by Crippen LogP contribution is -2.57. The molecule has 10 nitrogen and oxygen atoms in total. The Morgan fingerprint density at radius 2 is 1.97 bits per heavy atom. The predicted molar refractivity (Wildman–Crippen MR) is 114 cm³/mol. The molecule has 10 heteroatoms. The van der Waals surface area contributed by atoms with Gasteiger partial charge in [0.15, 0.2) is 5.96 Å². The molecule has 0 aliphatic carbocycles. The third-order valence-electron chi connectivity index (χ3n) is 5.01. The zero-order chi connectivity index (χ0) is 22.7. The van der Waals surface area contributed by atoms with Gasteiger partial charge in [0, 0.05) is 13.0 Å². The Kier molecular flexibility index (Phi) is 11.0. The van der Waals surface area contributed by atoms with Gasteiger partial charge in [0.2, 0.25) is 11.8 Å². The first kappa shape index (κ1) is 25.5. The van der Waals surface area contributed by atoms with E-state index in [0.29, 0.717) is 51.0 Å². The molecule has 0 aromatic rings. The van der Waals surface area contributed by atoms with E-state index >= 15 is 0 Å².